The SMILES string of the molecule is CCCc1nc(C)c(C(=O)N2CC(n3ccnc3)C2)o1. The van der Waals surface area contributed by atoms with E-state index < -0.39 is 0 Å². The van der Waals surface area contributed by atoms with E-state index in [4.69, 9.17) is 4.42 Å². The average molecular weight is 274 g/mol. The van der Waals surface area contributed by atoms with Gasteiger partial charge in [0.25, 0.3) is 5.91 Å². The topological polar surface area (TPSA) is 64.2 Å². The number of nitrogens with zero attached hydrogens (tertiary/aromatic N) is 4. The summed E-state index contributed by atoms with van der Waals surface area (Å²) in [5.41, 5.74) is 0.685. The zero-order valence-electron chi connectivity index (χ0n) is 11.7. The monoisotopic (exact) mass is 274 g/mol. The molecule has 1 saturated heterocycles. The number of carbonyl (C=O) groups excluding carboxylic acids is 1. The Kier molecular flexibility index (Phi) is 3.30. The Morgan fingerprint density at radius 3 is 2.95 bits per heavy atom. The molecule has 6 heteroatoms. The van der Waals surface area contributed by atoms with Crippen LogP contribution in [0.1, 0.15) is 41.5 Å². The first-order valence-corrected chi connectivity index (χ1v) is 6.92. The average Bonchev–Trinajstić information content (AvgIpc) is 2.98. The standard InChI is InChI=1S/C14H18N4O2/c1-3-4-12-16-10(2)13(20-12)14(19)18-7-11(8-18)17-6-5-15-9-17/h5-6,9,11H,3-4,7-8H2,1-2H3. The van der Waals surface area contributed by atoms with Gasteiger partial charge >= 0.3 is 0 Å². The molecule has 3 heterocycles. The van der Waals surface area contributed by atoms with Crippen molar-refractivity contribution < 1.29 is 9.21 Å². The molecule has 106 valence electrons. The lowest BCUT2D eigenvalue weighted by atomic mass is 10.1. The molecular weight excluding hydrogens is 256 g/mol. The summed E-state index contributed by atoms with van der Waals surface area (Å²) in [4.78, 5) is 22.5. The third-order valence-electron chi connectivity index (χ3n) is 3.59. The fraction of sp³-hybridized carbons (Fsp3) is 0.500. The van der Waals surface area contributed by atoms with Gasteiger partial charge in [-0.3, -0.25) is 4.79 Å². The molecule has 2 aromatic heterocycles. The lowest BCUT2D eigenvalue weighted by Crippen LogP contribution is -2.50. The number of carbonyl (C=O) groups is 1. The molecule has 0 saturated carbocycles. The summed E-state index contributed by atoms with van der Waals surface area (Å²) >= 11 is 0. The van der Waals surface area contributed by atoms with Crippen LogP contribution < -0.4 is 0 Å². The van der Waals surface area contributed by atoms with Crippen molar-refractivity contribution in [3.8, 4) is 0 Å². The van der Waals surface area contributed by atoms with Gasteiger partial charge in [-0.05, 0) is 13.3 Å². The largest absolute Gasteiger partial charge is 0.435 e. The third-order valence-corrected chi connectivity index (χ3v) is 3.59. The Balaban J connectivity index is 1.66. The minimum Gasteiger partial charge on any atom is -0.435 e. The van der Waals surface area contributed by atoms with Gasteiger partial charge in [-0.1, -0.05) is 6.92 Å². The van der Waals surface area contributed by atoms with E-state index in [2.05, 4.69) is 16.9 Å². The first-order valence-electron chi connectivity index (χ1n) is 6.92. The molecule has 3 rings (SSSR count). The highest BCUT2D eigenvalue weighted by Crippen LogP contribution is 2.24. The van der Waals surface area contributed by atoms with Gasteiger partial charge in [-0.15, -0.1) is 0 Å². The molecule has 0 N–H and O–H groups in total. The summed E-state index contributed by atoms with van der Waals surface area (Å²) in [7, 11) is 0. The second kappa shape index (κ2) is 5.11. The number of likely N-dealkylation sites (tertiary alicyclic amines) is 1. The maximum atomic E-state index is 12.3. The molecule has 6 nitrogen and oxygen atoms in total. The van der Waals surface area contributed by atoms with E-state index in [1.54, 1.807) is 17.4 Å². The number of hydrogen-bond donors (Lipinski definition) is 0. The van der Waals surface area contributed by atoms with Crippen LogP contribution in [0.5, 0.6) is 0 Å². The molecular formula is C14H18N4O2. The summed E-state index contributed by atoms with van der Waals surface area (Å²) in [6.07, 6.45) is 7.19. The summed E-state index contributed by atoms with van der Waals surface area (Å²) in [6, 6.07) is 0.319. The van der Waals surface area contributed by atoms with Crippen molar-refractivity contribution >= 4 is 5.91 Å². The van der Waals surface area contributed by atoms with Gasteiger partial charge in [0, 0.05) is 31.9 Å². The zero-order valence-corrected chi connectivity index (χ0v) is 11.7. The van der Waals surface area contributed by atoms with E-state index in [0.29, 0.717) is 36.5 Å². The fourth-order valence-corrected chi connectivity index (χ4v) is 2.41. The van der Waals surface area contributed by atoms with Crippen molar-refractivity contribution in [2.24, 2.45) is 0 Å². The first kappa shape index (κ1) is 12.9. The van der Waals surface area contributed by atoms with Gasteiger partial charge in [0.2, 0.25) is 5.76 Å². The fourth-order valence-electron chi connectivity index (χ4n) is 2.41. The van der Waals surface area contributed by atoms with Crippen LogP contribution in [0.15, 0.2) is 23.1 Å². The Morgan fingerprint density at radius 2 is 2.30 bits per heavy atom. The molecule has 0 aromatic carbocycles. The van der Waals surface area contributed by atoms with Gasteiger partial charge in [-0.25, -0.2) is 9.97 Å². The molecule has 20 heavy (non-hydrogen) atoms. The van der Waals surface area contributed by atoms with Gasteiger partial charge in [0.1, 0.15) is 0 Å². The molecule has 0 spiro atoms. The summed E-state index contributed by atoms with van der Waals surface area (Å²) in [6.45, 7) is 5.27. The molecule has 1 aliphatic rings. The van der Waals surface area contributed by atoms with Gasteiger partial charge in [-0.2, -0.15) is 0 Å². The van der Waals surface area contributed by atoms with Crippen molar-refractivity contribution in [1.82, 2.24) is 19.4 Å². The second-order valence-electron chi connectivity index (χ2n) is 5.15. The van der Waals surface area contributed by atoms with Crippen LogP contribution in [0.25, 0.3) is 0 Å². The first-order chi connectivity index (χ1) is 9.69. The minimum absolute atomic E-state index is 0.0614. The summed E-state index contributed by atoms with van der Waals surface area (Å²) in [5.74, 6) is 0.978. The van der Waals surface area contributed by atoms with E-state index in [0.717, 1.165) is 12.8 Å². The van der Waals surface area contributed by atoms with Crippen LogP contribution in [0.4, 0.5) is 0 Å². The Bertz CT molecular complexity index is 597. The van der Waals surface area contributed by atoms with E-state index >= 15 is 0 Å². The third kappa shape index (κ3) is 2.21. The van der Waals surface area contributed by atoms with Crippen molar-refractivity contribution in [3.05, 3.63) is 36.1 Å². The highest BCUT2D eigenvalue weighted by atomic mass is 16.4. The van der Waals surface area contributed by atoms with Crippen LogP contribution in [-0.4, -0.2) is 38.4 Å². The van der Waals surface area contributed by atoms with E-state index in [9.17, 15) is 4.79 Å². The van der Waals surface area contributed by atoms with Crippen LogP contribution in [-0.2, 0) is 6.42 Å². The highest BCUT2D eigenvalue weighted by molar-refractivity contribution is 5.93. The number of rotatable bonds is 4. The molecule has 0 bridgehead atoms. The molecule has 1 aliphatic heterocycles. The number of oxazole rings is 1. The smallest absolute Gasteiger partial charge is 0.291 e. The van der Waals surface area contributed by atoms with Crippen molar-refractivity contribution in [3.63, 3.8) is 0 Å². The van der Waals surface area contributed by atoms with Crippen molar-refractivity contribution in [1.29, 1.82) is 0 Å². The lowest BCUT2D eigenvalue weighted by Gasteiger charge is -2.39. The Hall–Kier alpha value is -2.11. The highest BCUT2D eigenvalue weighted by Gasteiger charge is 2.34. The maximum Gasteiger partial charge on any atom is 0.291 e. The summed E-state index contributed by atoms with van der Waals surface area (Å²) in [5, 5.41) is 0. The second-order valence-corrected chi connectivity index (χ2v) is 5.15. The number of amides is 1. The maximum absolute atomic E-state index is 12.3. The van der Waals surface area contributed by atoms with E-state index in [1.807, 2.05) is 17.7 Å². The number of aryl methyl sites for hydroxylation is 2. The molecule has 1 amide bonds. The van der Waals surface area contributed by atoms with E-state index in [-0.39, 0.29) is 5.91 Å². The summed E-state index contributed by atoms with van der Waals surface area (Å²) < 4.78 is 7.61. The zero-order chi connectivity index (χ0) is 14.1. The number of aromatic nitrogens is 3. The molecule has 0 aliphatic carbocycles. The molecule has 2 aromatic rings. The Labute approximate surface area is 117 Å². The van der Waals surface area contributed by atoms with Gasteiger partial charge in [0.15, 0.2) is 5.89 Å². The minimum atomic E-state index is -0.0614. The lowest BCUT2D eigenvalue weighted by molar-refractivity contribution is 0.0485. The van der Waals surface area contributed by atoms with Crippen LogP contribution in [0, 0.1) is 6.92 Å². The molecule has 1 fully saturated rings. The predicted octanol–water partition coefficient (Wildman–Crippen LogP) is 1.83. The normalized spacial score (nSPS) is 15.4. The van der Waals surface area contributed by atoms with Gasteiger partial charge in [0.05, 0.1) is 18.1 Å². The molecule has 0 radical (unpaired) electrons. The van der Waals surface area contributed by atoms with Crippen LogP contribution >= 0.6 is 0 Å². The quantitative estimate of drug-likeness (QED) is 0.853. The Morgan fingerprint density at radius 1 is 1.50 bits per heavy atom. The predicted molar refractivity (Wildman–Crippen MR) is 72.4 cm³/mol. The number of imidazole rings is 1. The van der Waals surface area contributed by atoms with Crippen LogP contribution in [0.2, 0.25) is 0 Å². The molecule has 0 atom stereocenters. The van der Waals surface area contributed by atoms with Crippen molar-refractivity contribution in [2.45, 2.75) is 32.7 Å². The van der Waals surface area contributed by atoms with Crippen LogP contribution in [0.3, 0.4) is 0 Å². The van der Waals surface area contributed by atoms with E-state index in [1.165, 1.54) is 0 Å². The molecule has 0 unspecified atom stereocenters. The van der Waals surface area contributed by atoms with Crippen molar-refractivity contribution in [2.75, 3.05) is 13.1 Å². The van der Waals surface area contributed by atoms with Gasteiger partial charge < -0.3 is 13.9 Å². The number of hydrogen-bond acceptors (Lipinski definition) is 4.